The second-order valence-electron chi connectivity index (χ2n) is 4.61. The molecule has 0 atom stereocenters. The Bertz CT molecular complexity index is 750. The van der Waals surface area contributed by atoms with Gasteiger partial charge in [-0.3, -0.25) is 0 Å². The summed E-state index contributed by atoms with van der Waals surface area (Å²) in [6, 6.07) is 9.82. The maximum absolute atomic E-state index is 13.4. The van der Waals surface area contributed by atoms with Gasteiger partial charge in [-0.25, -0.2) is 4.39 Å². The molecule has 0 radical (unpaired) electrons. The van der Waals surface area contributed by atoms with Crippen LogP contribution in [-0.2, 0) is 0 Å². The minimum Gasteiger partial charge on any atom is -0.398 e. The molecule has 0 aliphatic heterocycles. The predicted octanol–water partition coefficient (Wildman–Crippen LogP) is 4.20. The van der Waals surface area contributed by atoms with Crippen molar-refractivity contribution in [3.63, 3.8) is 0 Å². The summed E-state index contributed by atoms with van der Waals surface area (Å²) in [6.45, 7) is 1.86. The van der Waals surface area contributed by atoms with E-state index in [9.17, 15) is 4.39 Å². The Morgan fingerprint density at radius 2 is 1.95 bits per heavy atom. The van der Waals surface area contributed by atoms with Crippen molar-refractivity contribution in [1.29, 1.82) is 0 Å². The van der Waals surface area contributed by atoms with Gasteiger partial charge in [0.15, 0.2) is 0 Å². The fraction of sp³-hybridized carbons (Fsp3) is 0.0667. The van der Waals surface area contributed by atoms with Gasteiger partial charge >= 0.3 is 0 Å². The highest BCUT2D eigenvalue weighted by atomic mass is 79.9. The number of nitrogens with two attached hydrogens (primary N) is 1. The van der Waals surface area contributed by atoms with Crippen molar-refractivity contribution >= 4 is 21.6 Å². The van der Waals surface area contributed by atoms with Crippen molar-refractivity contribution in [2.24, 2.45) is 0 Å². The Morgan fingerprint density at radius 1 is 1.14 bits per heavy atom. The Labute approximate surface area is 128 Å². The van der Waals surface area contributed by atoms with Crippen LogP contribution in [0.4, 0.5) is 10.1 Å². The average Bonchev–Trinajstić information content (AvgIpc) is 2.93. The largest absolute Gasteiger partial charge is 0.398 e. The second kappa shape index (κ2) is 5.29. The minimum absolute atomic E-state index is 0.299. The molecule has 2 N–H and O–H groups in total. The van der Waals surface area contributed by atoms with E-state index in [4.69, 9.17) is 10.3 Å². The molecule has 0 saturated heterocycles. The van der Waals surface area contributed by atoms with E-state index in [1.807, 2.05) is 13.0 Å². The second-order valence-corrected chi connectivity index (χ2v) is 5.53. The van der Waals surface area contributed by atoms with Crippen LogP contribution in [-0.4, -0.2) is 10.1 Å². The first-order valence-corrected chi connectivity index (χ1v) is 6.99. The standard InChI is InChI=1S/C15H11BrFN3O/c1-8-2-4-10(17)7-11(8)14-19-15(21-20-14)12-6-9(16)3-5-13(12)18/h2-7H,18H2,1H3. The highest BCUT2D eigenvalue weighted by molar-refractivity contribution is 9.10. The van der Waals surface area contributed by atoms with Gasteiger partial charge in [-0.15, -0.1) is 0 Å². The van der Waals surface area contributed by atoms with Crippen LogP contribution >= 0.6 is 15.9 Å². The third-order valence-corrected chi connectivity index (χ3v) is 3.61. The zero-order valence-corrected chi connectivity index (χ0v) is 12.7. The Morgan fingerprint density at radius 3 is 2.76 bits per heavy atom. The monoisotopic (exact) mass is 347 g/mol. The van der Waals surface area contributed by atoms with Gasteiger partial charge in [0, 0.05) is 15.7 Å². The van der Waals surface area contributed by atoms with E-state index in [2.05, 4.69) is 26.1 Å². The number of anilines is 1. The fourth-order valence-electron chi connectivity index (χ4n) is 1.99. The number of nitrogens with zero attached hydrogens (tertiary/aromatic N) is 2. The zero-order valence-electron chi connectivity index (χ0n) is 11.1. The smallest absolute Gasteiger partial charge is 0.260 e. The minimum atomic E-state index is -0.344. The van der Waals surface area contributed by atoms with Gasteiger partial charge in [0.05, 0.1) is 5.56 Å². The Kier molecular flexibility index (Phi) is 3.47. The molecule has 106 valence electrons. The maximum atomic E-state index is 13.4. The van der Waals surface area contributed by atoms with E-state index in [0.717, 1.165) is 10.0 Å². The first kappa shape index (κ1) is 13.8. The lowest BCUT2D eigenvalue weighted by molar-refractivity contribution is 0.432. The lowest BCUT2D eigenvalue weighted by Gasteiger charge is -2.01. The van der Waals surface area contributed by atoms with Crippen molar-refractivity contribution in [2.75, 3.05) is 5.73 Å². The third kappa shape index (κ3) is 2.67. The number of nitrogen functional groups attached to an aromatic ring is 1. The number of hydrogen-bond donors (Lipinski definition) is 1. The summed E-state index contributed by atoms with van der Waals surface area (Å²) in [7, 11) is 0. The van der Waals surface area contributed by atoms with Gasteiger partial charge in [-0.05, 0) is 42.8 Å². The quantitative estimate of drug-likeness (QED) is 0.705. The number of hydrogen-bond acceptors (Lipinski definition) is 4. The molecule has 3 rings (SSSR count). The molecule has 0 spiro atoms. The summed E-state index contributed by atoms with van der Waals surface area (Å²) >= 11 is 3.37. The molecule has 6 heteroatoms. The van der Waals surface area contributed by atoms with E-state index < -0.39 is 0 Å². The molecule has 0 fully saturated rings. The topological polar surface area (TPSA) is 64.9 Å². The number of aromatic nitrogens is 2. The van der Waals surface area contributed by atoms with Gasteiger partial charge in [0.1, 0.15) is 5.82 Å². The predicted molar refractivity (Wildman–Crippen MR) is 82.0 cm³/mol. The molecule has 0 saturated carbocycles. The molecular weight excluding hydrogens is 337 g/mol. The third-order valence-electron chi connectivity index (χ3n) is 3.11. The van der Waals surface area contributed by atoms with Gasteiger partial charge in [0.2, 0.25) is 5.82 Å². The van der Waals surface area contributed by atoms with E-state index >= 15 is 0 Å². The van der Waals surface area contributed by atoms with Crippen LogP contribution < -0.4 is 5.73 Å². The molecule has 3 aromatic rings. The Hall–Kier alpha value is -2.21. The van der Waals surface area contributed by atoms with Gasteiger partial charge in [0.25, 0.3) is 5.89 Å². The van der Waals surface area contributed by atoms with E-state index in [-0.39, 0.29) is 5.82 Å². The number of halogens is 2. The molecule has 1 heterocycles. The summed E-state index contributed by atoms with van der Waals surface area (Å²) < 4.78 is 19.5. The SMILES string of the molecule is Cc1ccc(F)cc1-c1noc(-c2cc(Br)ccc2N)n1. The van der Waals surface area contributed by atoms with Gasteiger partial charge < -0.3 is 10.3 Å². The molecular formula is C15H11BrFN3O. The molecule has 0 aliphatic carbocycles. The van der Waals surface area contributed by atoms with Crippen LogP contribution in [0.25, 0.3) is 22.8 Å². The van der Waals surface area contributed by atoms with Crippen LogP contribution in [0.1, 0.15) is 5.56 Å². The zero-order chi connectivity index (χ0) is 15.0. The van der Waals surface area contributed by atoms with Crippen molar-refractivity contribution in [1.82, 2.24) is 10.1 Å². The van der Waals surface area contributed by atoms with Crippen LogP contribution in [0.15, 0.2) is 45.4 Å². The highest BCUT2D eigenvalue weighted by Crippen LogP contribution is 2.30. The summed E-state index contributed by atoms with van der Waals surface area (Å²) in [5.41, 5.74) is 8.55. The lowest BCUT2D eigenvalue weighted by atomic mass is 10.1. The van der Waals surface area contributed by atoms with Crippen molar-refractivity contribution in [2.45, 2.75) is 6.92 Å². The fourth-order valence-corrected chi connectivity index (χ4v) is 2.35. The summed E-state index contributed by atoms with van der Waals surface area (Å²) in [5, 5.41) is 3.91. The molecule has 0 amide bonds. The van der Waals surface area contributed by atoms with E-state index in [1.165, 1.54) is 12.1 Å². The number of aryl methyl sites for hydroxylation is 1. The van der Waals surface area contributed by atoms with Gasteiger partial charge in [-0.1, -0.05) is 27.2 Å². The highest BCUT2D eigenvalue weighted by Gasteiger charge is 2.15. The summed E-state index contributed by atoms with van der Waals surface area (Å²) in [6.07, 6.45) is 0. The van der Waals surface area contributed by atoms with Crippen molar-refractivity contribution in [3.05, 3.63) is 52.3 Å². The molecule has 4 nitrogen and oxygen atoms in total. The first-order chi connectivity index (χ1) is 10.0. The van der Waals surface area contributed by atoms with Crippen LogP contribution in [0.5, 0.6) is 0 Å². The molecule has 0 bridgehead atoms. The van der Waals surface area contributed by atoms with Gasteiger partial charge in [-0.2, -0.15) is 4.98 Å². The van der Waals surface area contributed by atoms with Crippen LogP contribution in [0, 0.1) is 12.7 Å². The molecule has 2 aromatic carbocycles. The first-order valence-electron chi connectivity index (χ1n) is 6.20. The maximum Gasteiger partial charge on any atom is 0.260 e. The number of rotatable bonds is 2. The average molecular weight is 348 g/mol. The van der Waals surface area contributed by atoms with Crippen LogP contribution in [0.2, 0.25) is 0 Å². The number of benzene rings is 2. The van der Waals surface area contributed by atoms with E-state index in [1.54, 1.807) is 18.2 Å². The molecule has 1 aromatic heterocycles. The normalized spacial score (nSPS) is 10.8. The Balaban J connectivity index is 2.08. The molecule has 21 heavy (non-hydrogen) atoms. The summed E-state index contributed by atoms with van der Waals surface area (Å²) in [5.74, 6) is 0.290. The summed E-state index contributed by atoms with van der Waals surface area (Å²) in [4.78, 5) is 4.31. The van der Waals surface area contributed by atoms with E-state index in [0.29, 0.717) is 28.5 Å². The lowest BCUT2D eigenvalue weighted by Crippen LogP contribution is -1.90. The molecule has 0 aliphatic rings. The van der Waals surface area contributed by atoms with Crippen molar-refractivity contribution < 1.29 is 8.91 Å². The van der Waals surface area contributed by atoms with Crippen LogP contribution in [0.3, 0.4) is 0 Å². The van der Waals surface area contributed by atoms with Crippen molar-refractivity contribution in [3.8, 4) is 22.8 Å². The molecule has 0 unspecified atom stereocenters.